The van der Waals surface area contributed by atoms with E-state index in [0.717, 1.165) is 105 Å². The van der Waals surface area contributed by atoms with E-state index in [0.29, 0.717) is 47.2 Å². The standard InChI is InChI=1S/C23H29NO.2C22H27NO.C21H25NO/c1-16-6-9-21-20(12-16)10-11-24(15-18-4-3-5-18)22(21)13-19-8-7-17(2)23(25)14-19;2*1-15-3-8-20-19(11-15)9-10-23(14-17-6-7-17)21(20)12-18-5-4-16(2)22(24)13-18;1-4-10-22-11-9-18-12-15(2)5-8-19(18)20(22)13-17-7-6-16(3)21(23)14-17/h6-9,12,14,18,22,25H,3-5,10-11,13,15H2,1-2H3;2*3-5,8,11,13,17,21,24H,6-7,9-10,12,14H2,1-2H3;4-8,12,14,20,23H,1,9-11,13H2,2-3H3/t22-;2*21-;20-/m1101/s1. The molecule has 8 nitrogen and oxygen atoms in total. The summed E-state index contributed by atoms with van der Waals surface area (Å²) in [5.41, 5.74) is 26.0. The first-order valence-electron chi connectivity index (χ1n) is 36.5. The number of rotatable bonds is 16. The van der Waals surface area contributed by atoms with Crippen molar-refractivity contribution in [3.05, 3.63) is 270 Å². The molecule has 0 spiro atoms. The molecule has 0 unspecified atom stereocenters. The minimum atomic E-state index is 0.347. The van der Waals surface area contributed by atoms with E-state index in [1.807, 2.05) is 82.3 Å². The molecule has 96 heavy (non-hydrogen) atoms. The summed E-state index contributed by atoms with van der Waals surface area (Å²) in [6, 6.07) is 53.9. The first-order chi connectivity index (χ1) is 46.4. The van der Waals surface area contributed by atoms with Gasteiger partial charge in [0, 0.05) is 76.5 Å². The van der Waals surface area contributed by atoms with Crippen molar-refractivity contribution in [2.45, 2.75) is 176 Å². The van der Waals surface area contributed by atoms with Gasteiger partial charge in [0.2, 0.25) is 0 Å². The molecule has 8 heteroatoms. The van der Waals surface area contributed by atoms with Gasteiger partial charge in [-0.25, -0.2) is 0 Å². The zero-order valence-corrected chi connectivity index (χ0v) is 59.0. The van der Waals surface area contributed by atoms with Gasteiger partial charge in [-0.05, 0) is 276 Å². The van der Waals surface area contributed by atoms with Crippen molar-refractivity contribution < 1.29 is 20.4 Å². The van der Waals surface area contributed by atoms with Gasteiger partial charge in [0.05, 0.1) is 0 Å². The molecule has 3 aliphatic carbocycles. The molecule has 3 fully saturated rings. The number of fused-ring (bicyclic) bond motifs is 4. The topological polar surface area (TPSA) is 93.9 Å². The van der Waals surface area contributed by atoms with E-state index < -0.39 is 0 Å². The lowest BCUT2D eigenvalue weighted by atomic mass is 9.82. The lowest BCUT2D eigenvalue weighted by Crippen LogP contribution is -2.41. The van der Waals surface area contributed by atoms with E-state index >= 15 is 0 Å². The predicted octanol–water partition coefficient (Wildman–Crippen LogP) is 18.4. The largest absolute Gasteiger partial charge is 0.508 e. The Kier molecular flexibility index (Phi) is 22.1. The van der Waals surface area contributed by atoms with Gasteiger partial charge in [0.1, 0.15) is 23.0 Å². The van der Waals surface area contributed by atoms with Crippen LogP contribution in [0.2, 0.25) is 0 Å². The molecule has 8 aromatic rings. The second-order valence-corrected chi connectivity index (χ2v) is 30.1. The minimum absolute atomic E-state index is 0.347. The van der Waals surface area contributed by atoms with Crippen LogP contribution in [-0.4, -0.2) is 92.4 Å². The fourth-order valence-corrected chi connectivity index (χ4v) is 15.9. The third-order valence-corrected chi connectivity index (χ3v) is 22.3. The summed E-state index contributed by atoms with van der Waals surface area (Å²) in [6.07, 6.45) is 20.2. The molecule has 0 amide bonds. The highest BCUT2D eigenvalue weighted by Gasteiger charge is 2.36. The number of aromatic hydroxyl groups is 4. The van der Waals surface area contributed by atoms with E-state index in [2.05, 4.69) is 151 Å². The lowest BCUT2D eigenvalue weighted by molar-refractivity contribution is 0.123. The summed E-state index contributed by atoms with van der Waals surface area (Å²) in [5, 5.41) is 40.2. The first kappa shape index (κ1) is 68.5. The Morgan fingerprint density at radius 3 is 0.833 bits per heavy atom. The molecular weight excluding hydrogens is 1180 g/mol. The molecule has 0 saturated heterocycles. The van der Waals surface area contributed by atoms with Crippen molar-refractivity contribution in [1.82, 2.24) is 19.6 Å². The molecule has 0 aromatic heterocycles. The Morgan fingerprint density at radius 2 is 0.594 bits per heavy atom. The third-order valence-electron chi connectivity index (χ3n) is 22.3. The lowest BCUT2D eigenvalue weighted by Gasteiger charge is -2.41. The monoisotopic (exact) mass is 1280 g/mol. The maximum atomic E-state index is 10.1. The predicted molar refractivity (Wildman–Crippen MR) is 396 cm³/mol. The molecule has 4 atom stereocenters. The number of benzene rings is 8. The molecule has 0 radical (unpaired) electrons. The number of nitrogens with zero attached hydrogens (tertiary/aromatic N) is 4. The van der Waals surface area contributed by atoms with Gasteiger partial charge in [0.15, 0.2) is 0 Å². The van der Waals surface area contributed by atoms with E-state index in [4.69, 9.17) is 0 Å². The van der Waals surface area contributed by atoms with Crippen molar-refractivity contribution in [2.75, 3.05) is 52.4 Å². The van der Waals surface area contributed by atoms with Crippen molar-refractivity contribution >= 4 is 0 Å². The van der Waals surface area contributed by atoms with E-state index in [-0.39, 0.29) is 0 Å². The van der Waals surface area contributed by atoms with Gasteiger partial charge in [-0.15, -0.1) is 6.58 Å². The van der Waals surface area contributed by atoms with Gasteiger partial charge in [-0.2, -0.15) is 0 Å². The average molecular weight is 1290 g/mol. The van der Waals surface area contributed by atoms with E-state index in [1.165, 1.54) is 173 Å². The average Bonchev–Trinajstić information content (AvgIpc) is 1.29. The molecule has 0 bridgehead atoms. The number of hydrogen-bond acceptors (Lipinski definition) is 8. The second kappa shape index (κ2) is 31.0. The zero-order valence-electron chi connectivity index (χ0n) is 59.0. The molecule has 8 aromatic carbocycles. The number of phenolic OH excluding ortho intramolecular Hbond substituents is 4. The molecular formula is C88H108N4O4. The Bertz CT molecular complexity index is 3880. The van der Waals surface area contributed by atoms with E-state index in [9.17, 15) is 20.4 Å². The maximum Gasteiger partial charge on any atom is 0.118 e. The van der Waals surface area contributed by atoms with Crippen molar-refractivity contribution in [3.8, 4) is 23.0 Å². The molecule has 4 aliphatic heterocycles. The quantitative estimate of drug-likeness (QED) is 0.0711. The Hall–Kier alpha value is -7.46. The Morgan fingerprint density at radius 1 is 0.333 bits per heavy atom. The summed E-state index contributed by atoms with van der Waals surface area (Å²) in [5.74, 6) is 4.35. The molecule has 15 rings (SSSR count). The van der Waals surface area contributed by atoms with Gasteiger partial charge < -0.3 is 20.4 Å². The maximum absolute atomic E-state index is 10.1. The highest BCUT2D eigenvalue weighted by molar-refractivity contribution is 5.45. The van der Waals surface area contributed by atoms with Crippen molar-refractivity contribution in [1.29, 1.82) is 0 Å². The first-order valence-corrected chi connectivity index (χ1v) is 36.5. The van der Waals surface area contributed by atoms with Crippen LogP contribution in [0.4, 0.5) is 0 Å². The summed E-state index contributed by atoms with van der Waals surface area (Å²) in [6.45, 7) is 29.6. The Balaban J connectivity index is 0.000000122. The summed E-state index contributed by atoms with van der Waals surface area (Å²) in [4.78, 5) is 10.6. The normalized spacial score (nSPS) is 20.1. The van der Waals surface area contributed by atoms with Crippen LogP contribution < -0.4 is 0 Å². The van der Waals surface area contributed by atoms with Crippen LogP contribution in [0.15, 0.2) is 158 Å². The number of aryl methyl sites for hydroxylation is 8. The molecule has 4 heterocycles. The van der Waals surface area contributed by atoms with Crippen LogP contribution in [0, 0.1) is 73.1 Å². The summed E-state index contributed by atoms with van der Waals surface area (Å²) >= 11 is 0. The zero-order chi connectivity index (χ0) is 67.1. The van der Waals surface area contributed by atoms with E-state index in [1.54, 1.807) is 0 Å². The summed E-state index contributed by atoms with van der Waals surface area (Å²) < 4.78 is 0. The van der Waals surface area contributed by atoms with Crippen LogP contribution in [0.1, 0.15) is 180 Å². The highest BCUT2D eigenvalue weighted by Crippen LogP contribution is 2.42. The SMILES string of the molecule is C=CCN1CCc2cc(C)ccc2[C@H]1Cc1ccc(C)c(O)c1.Cc1ccc2c(c1)CCN(CC1CC1)[C@@H]2Cc1ccc(C)c(O)c1.Cc1ccc2c(c1)CCN(CC1CC1)[C@H]2Cc1ccc(C)c(O)c1.Cc1ccc2c(c1)CCN(CC1CCC1)[C@@H]2Cc1ccc(C)c(O)c1. The van der Waals surface area contributed by atoms with Crippen LogP contribution in [-0.2, 0) is 51.4 Å². The number of hydrogen-bond donors (Lipinski definition) is 4. The fourth-order valence-electron chi connectivity index (χ4n) is 15.9. The van der Waals surface area contributed by atoms with Crippen LogP contribution in [0.25, 0.3) is 0 Å². The summed E-state index contributed by atoms with van der Waals surface area (Å²) in [7, 11) is 0. The molecule has 7 aliphatic rings. The van der Waals surface area contributed by atoms with Crippen molar-refractivity contribution in [3.63, 3.8) is 0 Å². The second-order valence-electron chi connectivity index (χ2n) is 30.1. The fraction of sp³-hybridized carbons (Fsp3) is 0.432. The van der Waals surface area contributed by atoms with Crippen LogP contribution in [0.5, 0.6) is 23.0 Å². The molecule has 3 saturated carbocycles. The van der Waals surface area contributed by atoms with Gasteiger partial charge in [-0.3, -0.25) is 19.6 Å². The molecule has 4 N–H and O–H groups in total. The van der Waals surface area contributed by atoms with Crippen LogP contribution >= 0.6 is 0 Å². The smallest absolute Gasteiger partial charge is 0.118 e. The van der Waals surface area contributed by atoms with Gasteiger partial charge in [-0.1, -0.05) is 156 Å². The Labute approximate surface area is 575 Å². The van der Waals surface area contributed by atoms with Gasteiger partial charge in [0.25, 0.3) is 0 Å². The minimum Gasteiger partial charge on any atom is -0.508 e. The highest BCUT2D eigenvalue weighted by atomic mass is 16.3. The van der Waals surface area contributed by atoms with Gasteiger partial charge >= 0.3 is 0 Å². The van der Waals surface area contributed by atoms with Crippen LogP contribution in [0.3, 0.4) is 0 Å². The third kappa shape index (κ3) is 17.3. The molecule has 504 valence electrons. The number of phenols is 4. The van der Waals surface area contributed by atoms with Crippen molar-refractivity contribution in [2.24, 2.45) is 17.8 Å².